The molecule has 0 spiro atoms. The SMILES string of the molecule is C=CCN(C(=O)CCCNC)C1CCS(=O)(=O)C1.Cl. The van der Waals surface area contributed by atoms with Crippen LogP contribution in [0.1, 0.15) is 19.3 Å². The van der Waals surface area contributed by atoms with Crippen LogP contribution in [0.5, 0.6) is 0 Å². The molecule has 0 aromatic carbocycles. The van der Waals surface area contributed by atoms with E-state index in [-0.39, 0.29) is 35.9 Å². The second-order valence-corrected chi connectivity index (χ2v) is 6.83. The third-order valence-corrected chi connectivity index (χ3v) is 4.86. The largest absolute Gasteiger partial charge is 0.335 e. The highest BCUT2D eigenvalue weighted by Crippen LogP contribution is 2.18. The van der Waals surface area contributed by atoms with Crippen molar-refractivity contribution in [2.24, 2.45) is 0 Å². The number of nitrogens with zero attached hydrogens (tertiary/aromatic N) is 1. The molecule has 112 valence electrons. The van der Waals surface area contributed by atoms with Crippen molar-refractivity contribution in [1.29, 1.82) is 0 Å². The van der Waals surface area contributed by atoms with Gasteiger partial charge in [-0.1, -0.05) is 6.08 Å². The van der Waals surface area contributed by atoms with Crippen molar-refractivity contribution in [3.05, 3.63) is 12.7 Å². The van der Waals surface area contributed by atoms with Gasteiger partial charge in [0.15, 0.2) is 9.84 Å². The van der Waals surface area contributed by atoms with Gasteiger partial charge in [-0.3, -0.25) is 4.79 Å². The number of carbonyl (C=O) groups is 1. The Labute approximate surface area is 121 Å². The molecule has 1 N–H and O–H groups in total. The number of nitrogens with one attached hydrogen (secondary N) is 1. The maximum absolute atomic E-state index is 12.1. The Balaban J connectivity index is 0.00000324. The molecule has 0 aliphatic carbocycles. The van der Waals surface area contributed by atoms with Gasteiger partial charge in [0.1, 0.15) is 0 Å². The van der Waals surface area contributed by atoms with Gasteiger partial charge >= 0.3 is 0 Å². The predicted octanol–water partition coefficient (Wildman–Crippen LogP) is 0.609. The molecule has 0 radical (unpaired) electrons. The standard InChI is InChI=1S/C12H22N2O3S.ClH/c1-3-8-14(12(15)5-4-7-13-2)11-6-9-18(16,17)10-11;/h3,11,13H,1,4-10H2,2H3;1H. The van der Waals surface area contributed by atoms with E-state index < -0.39 is 9.84 Å². The second kappa shape index (κ2) is 8.55. The molecular weight excluding hydrogens is 288 g/mol. The van der Waals surface area contributed by atoms with E-state index in [0.717, 1.165) is 13.0 Å². The van der Waals surface area contributed by atoms with Crippen LogP contribution in [0.15, 0.2) is 12.7 Å². The third kappa shape index (κ3) is 5.93. The lowest BCUT2D eigenvalue weighted by Gasteiger charge is -2.27. The van der Waals surface area contributed by atoms with E-state index in [0.29, 0.717) is 19.4 Å². The first-order valence-corrected chi connectivity index (χ1v) is 8.07. The summed E-state index contributed by atoms with van der Waals surface area (Å²) in [5.74, 6) is 0.306. The van der Waals surface area contributed by atoms with Crippen LogP contribution in [0.3, 0.4) is 0 Å². The highest BCUT2D eigenvalue weighted by atomic mass is 35.5. The van der Waals surface area contributed by atoms with Crippen LogP contribution >= 0.6 is 12.4 Å². The summed E-state index contributed by atoms with van der Waals surface area (Å²) < 4.78 is 22.9. The molecule has 1 fully saturated rings. The van der Waals surface area contributed by atoms with E-state index in [1.165, 1.54) is 0 Å². The van der Waals surface area contributed by atoms with Crippen LogP contribution in [0, 0.1) is 0 Å². The van der Waals surface area contributed by atoms with Gasteiger partial charge in [0.05, 0.1) is 11.5 Å². The molecule has 0 saturated carbocycles. The fourth-order valence-electron chi connectivity index (χ4n) is 2.17. The Bertz CT molecular complexity index is 398. The Kier molecular flexibility index (Phi) is 8.29. The van der Waals surface area contributed by atoms with Crippen LogP contribution in [0.25, 0.3) is 0 Å². The zero-order chi connectivity index (χ0) is 13.6. The maximum Gasteiger partial charge on any atom is 0.223 e. The summed E-state index contributed by atoms with van der Waals surface area (Å²) in [6, 6.07) is -0.171. The van der Waals surface area contributed by atoms with Crippen LogP contribution < -0.4 is 5.32 Å². The van der Waals surface area contributed by atoms with E-state index in [9.17, 15) is 13.2 Å². The molecule has 0 aromatic rings. The van der Waals surface area contributed by atoms with E-state index >= 15 is 0 Å². The monoisotopic (exact) mass is 310 g/mol. The van der Waals surface area contributed by atoms with Crippen molar-refractivity contribution in [3.63, 3.8) is 0 Å². The van der Waals surface area contributed by atoms with Crippen molar-refractivity contribution in [2.75, 3.05) is 31.6 Å². The summed E-state index contributed by atoms with van der Waals surface area (Å²) in [7, 11) is -1.12. The van der Waals surface area contributed by atoms with Crippen molar-refractivity contribution in [1.82, 2.24) is 10.2 Å². The first kappa shape index (κ1) is 18.4. The lowest BCUT2D eigenvalue weighted by molar-refractivity contribution is -0.132. The molecule has 1 aliphatic rings. The van der Waals surface area contributed by atoms with E-state index in [1.807, 2.05) is 7.05 Å². The molecule has 1 atom stereocenters. The van der Waals surface area contributed by atoms with Crippen molar-refractivity contribution in [3.8, 4) is 0 Å². The summed E-state index contributed by atoms with van der Waals surface area (Å²) in [5.41, 5.74) is 0. The normalized spacial score (nSPS) is 20.6. The van der Waals surface area contributed by atoms with Crippen molar-refractivity contribution in [2.45, 2.75) is 25.3 Å². The van der Waals surface area contributed by atoms with Crippen LogP contribution in [-0.4, -0.2) is 56.9 Å². The van der Waals surface area contributed by atoms with Crippen LogP contribution in [0.2, 0.25) is 0 Å². The van der Waals surface area contributed by atoms with Crippen molar-refractivity contribution >= 4 is 28.2 Å². The first-order valence-electron chi connectivity index (χ1n) is 6.25. The van der Waals surface area contributed by atoms with Gasteiger partial charge in [0, 0.05) is 19.0 Å². The van der Waals surface area contributed by atoms with Gasteiger partial charge in [-0.2, -0.15) is 0 Å². The van der Waals surface area contributed by atoms with Gasteiger partial charge in [0.25, 0.3) is 0 Å². The number of hydrogen-bond donors (Lipinski definition) is 1. The minimum absolute atomic E-state index is 0. The van der Waals surface area contributed by atoms with E-state index in [1.54, 1.807) is 11.0 Å². The topological polar surface area (TPSA) is 66.5 Å². The highest BCUT2D eigenvalue weighted by molar-refractivity contribution is 7.91. The molecule has 19 heavy (non-hydrogen) atoms. The lowest BCUT2D eigenvalue weighted by Crippen LogP contribution is -2.41. The number of carbonyl (C=O) groups excluding carboxylic acids is 1. The first-order chi connectivity index (χ1) is 8.50. The average Bonchev–Trinajstić information content (AvgIpc) is 2.66. The third-order valence-electron chi connectivity index (χ3n) is 3.11. The molecular formula is C12H23ClN2O3S. The molecule has 1 aliphatic heterocycles. The summed E-state index contributed by atoms with van der Waals surface area (Å²) in [6.45, 7) is 4.85. The molecule has 1 saturated heterocycles. The number of halogens is 1. The highest BCUT2D eigenvalue weighted by Gasteiger charge is 2.33. The summed E-state index contributed by atoms with van der Waals surface area (Å²) in [5, 5.41) is 2.99. The Morgan fingerprint density at radius 2 is 2.21 bits per heavy atom. The lowest BCUT2D eigenvalue weighted by atomic mass is 10.2. The van der Waals surface area contributed by atoms with Gasteiger partial charge < -0.3 is 10.2 Å². The van der Waals surface area contributed by atoms with Gasteiger partial charge in [-0.15, -0.1) is 19.0 Å². The minimum Gasteiger partial charge on any atom is -0.335 e. The Morgan fingerprint density at radius 3 is 2.68 bits per heavy atom. The fraction of sp³-hybridized carbons (Fsp3) is 0.750. The molecule has 1 unspecified atom stereocenters. The summed E-state index contributed by atoms with van der Waals surface area (Å²) in [6.07, 6.45) is 3.42. The van der Waals surface area contributed by atoms with Crippen LogP contribution in [-0.2, 0) is 14.6 Å². The zero-order valence-electron chi connectivity index (χ0n) is 11.3. The second-order valence-electron chi connectivity index (χ2n) is 4.60. The van der Waals surface area contributed by atoms with Gasteiger partial charge in [-0.25, -0.2) is 8.42 Å². The van der Waals surface area contributed by atoms with Crippen molar-refractivity contribution < 1.29 is 13.2 Å². The number of sulfone groups is 1. The molecule has 5 nitrogen and oxygen atoms in total. The Morgan fingerprint density at radius 1 is 1.53 bits per heavy atom. The Hall–Kier alpha value is -0.590. The summed E-state index contributed by atoms with van der Waals surface area (Å²) in [4.78, 5) is 13.7. The predicted molar refractivity (Wildman–Crippen MR) is 79.4 cm³/mol. The molecule has 1 heterocycles. The molecule has 0 aromatic heterocycles. The van der Waals surface area contributed by atoms with E-state index in [2.05, 4.69) is 11.9 Å². The van der Waals surface area contributed by atoms with Gasteiger partial charge in [0.2, 0.25) is 5.91 Å². The maximum atomic E-state index is 12.1. The smallest absolute Gasteiger partial charge is 0.223 e. The zero-order valence-corrected chi connectivity index (χ0v) is 12.9. The molecule has 0 bridgehead atoms. The minimum atomic E-state index is -2.96. The fourth-order valence-corrected chi connectivity index (χ4v) is 3.91. The van der Waals surface area contributed by atoms with Gasteiger partial charge in [-0.05, 0) is 26.4 Å². The summed E-state index contributed by atoms with van der Waals surface area (Å²) >= 11 is 0. The molecule has 1 rings (SSSR count). The quantitative estimate of drug-likeness (QED) is 0.553. The number of rotatable bonds is 7. The van der Waals surface area contributed by atoms with Crippen LogP contribution in [0.4, 0.5) is 0 Å². The number of hydrogen-bond acceptors (Lipinski definition) is 4. The van der Waals surface area contributed by atoms with E-state index in [4.69, 9.17) is 0 Å². The average molecular weight is 311 g/mol. The molecule has 1 amide bonds. The molecule has 7 heteroatoms. The number of amides is 1.